The molecule has 1 aliphatic heterocycles. The van der Waals surface area contributed by atoms with Crippen molar-refractivity contribution in [3.8, 4) is 17.2 Å². The molecule has 1 atom stereocenters. The average Bonchev–Trinajstić information content (AvgIpc) is 3.14. The van der Waals surface area contributed by atoms with E-state index in [2.05, 4.69) is 0 Å². The second kappa shape index (κ2) is 9.08. The molecule has 1 amide bonds. The molecule has 3 aromatic carbocycles. The van der Waals surface area contributed by atoms with Crippen LogP contribution in [-0.4, -0.2) is 38.1 Å². The Kier molecular flexibility index (Phi) is 6.04. The monoisotopic (exact) mass is 445 g/mol. The zero-order valence-electron chi connectivity index (χ0n) is 18.4. The third kappa shape index (κ3) is 4.01. The number of aliphatic hydroxyl groups is 1. The number of Topliss-reactive ketones (excluding diaryl/α,β-unsaturated/α-hetero) is 1. The molecule has 0 spiro atoms. The van der Waals surface area contributed by atoms with Gasteiger partial charge >= 0.3 is 0 Å². The third-order valence-corrected chi connectivity index (χ3v) is 5.59. The number of aliphatic hydroxyl groups excluding tert-OH is 1. The van der Waals surface area contributed by atoms with Crippen LogP contribution in [0.5, 0.6) is 17.2 Å². The molecule has 0 unspecified atom stereocenters. The molecule has 0 radical (unpaired) electrons. The summed E-state index contributed by atoms with van der Waals surface area (Å²) >= 11 is 0. The molecule has 3 aromatic rings. The zero-order chi connectivity index (χ0) is 23.5. The van der Waals surface area contributed by atoms with Gasteiger partial charge in [-0.3, -0.25) is 14.5 Å². The van der Waals surface area contributed by atoms with Crippen molar-refractivity contribution in [3.63, 3.8) is 0 Å². The molecule has 0 bridgehead atoms. The second-order valence-electron chi connectivity index (χ2n) is 7.37. The van der Waals surface area contributed by atoms with E-state index < -0.39 is 17.7 Å². The van der Waals surface area contributed by atoms with Crippen LogP contribution in [0.25, 0.3) is 5.76 Å². The molecule has 1 saturated heterocycles. The molecule has 1 N–H and O–H groups in total. The van der Waals surface area contributed by atoms with Crippen LogP contribution in [-0.2, 0) is 9.59 Å². The van der Waals surface area contributed by atoms with Gasteiger partial charge in [0, 0.05) is 11.3 Å². The first-order valence-corrected chi connectivity index (χ1v) is 10.2. The van der Waals surface area contributed by atoms with Gasteiger partial charge in [-0.25, -0.2) is 0 Å². The van der Waals surface area contributed by atoms with Crippen LogP contribution >= 0.6 is 0 Å². The summed E-state index contributed by atoms with van der Waals surface area (Å²) in [6.07, 6.45) is 0. The number of ether oxygens (including phenoxy) is 3. The summed E-state index contributed by atoms with van der Waals surface area (Å²) in [5, 5.41) is 11.1. The standard InChI is InChI=1S/C26H23NO6/c1-31-19-10-4-16(5-11-19)23-22(24(28)17-6-12-20(32-2)13-7-17)25(29)26(30)27(23)18-8-14-21(33-3)15-9-18/h4-15,23,28H,1-3H3/b24-22+/t23-/m0/s1. The first kappa shape index (κ1) is 22.0. The van der Waals surface area contributed by atoms with Crippen molar-refractivity contribution in [1.82, 2.24) is 0 Å². The lowest BCUT2D eigenvalue weighted by Gasteiger charge is -2.25. The minimum Gasteiger partial charge on any atom is -0.507 e. The molecule has 0 aromatic heterocycles. The Hall–Kier alpha value is -4.26. The second-order valence-corrected chi connectivity index (χ2v) is 7.37. The summed E-state index contributed by atoms with van der Waals surface area (Å²) in [6.45, 7) is 0. The van der Waals surface area contributed by atoms with E-state index in [0.717, 1.165) is 0 Å². The number of methoxy groups -OCH3 is 3. The molecular weight excluding hydrogens is 422 g/mol. The Labute approximate surface area is 191 Å². The topological polar surface area (TPSA) is 85.3 Å². The Morgan fingerprint density at radius 3 is 1.67 bits per heavy atom. The number of anilines is 1. The highest BCUT2D eigenvalue weighted by molar-refractivity contribution is 6.51. The van der Waals surface area contributed by atoms with Crippen molar-refractivity contribution in [1.29, 1.82) is 0 Å². The maximum Gasteiger partial charge on any atom is 0.300 e. The molecule has 7 nitrogen and oxygen atoms in total. The Bertz CT molecular complexity index is 1200. The van der Waals surface area contributed by atoms with E-state index in [-0.39, 0.29) is 11.3 Å². The number of nitrogens with zero attached hydrogens (tertiary/aromatic N) is 1. The molecule has 168 valence electrons. The highest BCUT2D eigenvalue weighted by Gasteiger charge is 2.47. The Morgan fingerprint density at radius 2 is 1.18 bits per heavy atom. The summed E-state index contributed by atoms with van der Waals surface area (Å²) in [7, 11) is 4.65. The van der Waals surface area contributed by atoms with E-state index in [1.165, 1.54) is 4.90 Å². The number of ketones is 1. The largest absolute Gasteiger partial charge is 0.507 e. The molecule has 1 fully saturated rings. The lowest BCUT2D eigenvalue weighted by Crippen LogP contribution is -2.29. The normalized spacial score (nSPS) is 17.2. The smallest absolute Gasteiger partial charge is 0.300 e. The van der Waals surface area contributed by atoms with Gasteiger partial charge in [-0.15, -0.1) is 0 Å². The van der Waals surface area contributed by atoms with Crippen LogP contribution in [0, 0.1) is 0 Å². The van der Waals surface area contributed by atoms with Crippen molar-refractivity contribution in [3.05, 3.63) is 89.5 Å². The van der Waals surface area contributed by atoms with Gasteiger partial charge in [0.2, 0.25) is 0 Å². The van der Waals surface area contributed by atoms with E-state index in [9.17, 15) is 14.7 Å². The number of rotatable bonds is 6. The minimum absolute atomic E-state index is 0.00570. The van der Waals surface area contributed by atoms with Crippen LogP contribution in [0.4, 0.5) is 5.69 Å². The van der Waals surface area contributed by atoms with Crippen molar-refractivity contribution in [2.24, 2.45) is 0 Å². The lowest BCUT2D eigenvalue weighted by atomic mass is 9.95. The zero-order valence-corrected chi connectivity index (χ0v) is 18.4. The van der Waals surface area contributed by atoms with Gasteiger partial charge in [0.25, 0.3) is 11.7 Å². The maximum atomic E-state index is 13.2. The van der Waals surface area contributed by atoms with Crippen LogP contribution in [0.2, 0.25) is 0 Å². The molecule has 0 saturated carbocycles. The number of hydrogen-bond donors (Lipinski definition) is 1. The molecular formula is C26H23NO6. The van der Waals surface area contributed by atoms with Crippen LogP contribution in [0.3, 0.4) is 0 Å². The fourth-order valence-corrected chi connectivity index (χ4v) is 3.85. The fraction of sp³-hybridized carbons (Fsp3) is 0.154. The number of carbonyl (C=O) groups excluding carboxylic acids is 2. The highest BCUT2D eigenvalue weighted by Crippen LogP contribution is 2.42. The van der Waals surface area contributed by atoms with Gasteiger partial charge in [0.05, 0.1) is 32.9 Å². The van der Waals surface area contributed by atoms with Crippen molar-refractivity contribution in [2.75, 3.05) is 26.2 Å². The first-order chi connectivity index (χ1) is 16.0. The maximum absolute atomic E-state index is 13.2. The van der Waals surface area contributed by atoms with E-state index >= 15 is 0 Å². The van der Waals surface area contributed by atoms with Crippen molar-refractivity contribution in [2.45, 2.75) is 6.04 Å². The van der Waals surface area contributed by atoms with Crippen LogP contribution < -0.4 is 19.1 Å². The number of benzene rings is 3. The molecule has 4 rings (SSSR count). The highest BCUT2D eigenvalue weighted by atomic mass is 16.5. The summed E-state index contributed by atoms with van der Waals surface area (Å²) in [4.78, 5) is 27.7. The number of amides is 1. The Morgan fingerprint density at radius 1 is 0.727 bits per heavy atom. The molecule has 0 aliphatic carbocycles. The molecule has 1 heterocycles. The lowest BCUT2D eigenvalue weighted by molar-refractivity contribution is -0.132. The van der Waals surface area contributed by atoms with Gasteiger partial charge in [-0.2, -0.15) is 0 Å². The number of hydrogen-bond acceptors (Lipinski definition) is 6. The van der Waals surface area contributed by atoms with E-state index in [0.29, 0.717) is 34.1 Å². The van der Waals surface area contributed by atoms with E-state index in [1.807, 2.05) is 0 Å². The quantitative estimate of drug-likeness (QED) is 0.345. The Balaban J connectivity index is 1.89. The fourth-order valence-electron chi connectivity index (χ4n) is 3.85. The van der Waals surface area contributed by atoms with E-state index in [1.54, 1.807) is 94.1 Å². The minimum atomic E-state index is -0.827. The van der Waals surface area contributed by atoms with Crippen LogP contribution in [0.1, 0.15) is 17.2 Å². The summed E-state index contributed by atoms with van der Waals surface area (Å²) in [5.41, 5.74) is 1.57. The molecule has 1 aliphatic rings. The predicted molar refractivity (Wildman–Crippen MR) is 124 cm³/mol. The van der Waals surface area contributed by atoms with Gasteiger partial charge in [0.1, 0.15) is 23.0 Å². The summed E-state index contributed by atoms with van der Waals surface area (Å²) in [6, 6.07) is 19.7. The van der Waals surface area contributed by atoms with Crippen LogP contribution in [0.15, 0.2) is 78.4 Å². The summed E-state index contributed by atoms with van der Waals surface area (Å²) in [5.74, 6) is 0.116. The van der Waals surface area contributed by atoms with Crippen molar-refractivity contribution < 1.29 is 28.9 Å². The molecule has 33 heavy (non-hydrogen) atoms. The number of carbonyl (C=O) groups is 2. The van der Waals surface area contributed by atoms with E-state index in [4.69, 9.17) is 14.2 Å². The van der Waals surface area contributed by atoms with Gasteiger partial charge in [-0.05, 0) is 66.2 Å². The van der Waals surface area contributed by atoms with Gasteiger partial charge in [0.15, 0.2) is 0 Å². The van der Waals surface area contributed by atoms with Gasteiger partial charge < -0.3 is 19.3 Å². The van der Waals surface area contributed by atoms with Crippen molar-refractivity contribution >= 4 is 23.1 Å². The van der Waals surface area contributed by atoms with Gasteiger partial charge in [-0.1, -0.05) is 12.1 Å². The first-order valence-electron chi connectivity index (χ1n) is 10.2. The predicted octanol–water partition coefficient (Wildman–Crippen LogP) is 4.34. The SMILES string of the molecule is COc1ccc(/C(O)=C2\C(=O)C(=O)N(c3ccc(OC)cc3)[C@H]2c2ccc(OC)cc2)cc1. The average molecular weight is 445 g/mol. The summed E-state index contributed by atoms with van der Waals surface area (Å²) < 4.78 is 15.6. The third-order valence-electron chi connectivity index (χ3n) is 5.59. The molecule has 7 heteroatoms.